The molecular weight excluding hydrogens is 124 g/mol. The summed E-state index contributed by atoms with van der Waals surface area (Å²) >= 11 is 0. The highest BCUT2D eigenvalue weighted by Gasteiger charge is 2.03. The molecule has 0 heterocycles. The fourth-order valence-corrected chi connectivity index (χ4v) is 0.720. The standard InChI is InChI=1S/C8H14N2/c1-4-5-7(6(2)3)8(9)10/h4-6H,1H2,2-3H3,(H3,9,10)/b7-5+. The first-order chi connectivity index (χ1) is 4.59. The van der Waals surface area contributed by atoms with E-state index in [2.05, 4.69) is 6.58 Å². The van der Waals surface area contributed by atoms with Crippen LogP contribution in [0, 0.1) is 11.3 Å². The molecule has 0 rings (SSSR count). The van der Waals surface area contributed by atoms with Crippen LogP contribution in [0.4, 0.5) is 0 Å². The molecule has 0 aliphatic carbocycles. The molecule has 10 heavy (non-hydrogen) atoms. The van der Waals surface area contributed by atoms with E-state index in [4.69, 9.17) is 11.1 Å². The predicted octanol–water partition coefficient (Wildman–Crippen LogP) is 1.69. The van der Waals surface area contributed by atoms with Gasteiger partial charge >= 0.3 is 0 Å². The molecule has 0 aliphatic heterocycles. The number of rotatable bonds is 3. The minimum Gasteiger partial charge on any atom is -0.384 e. The molecule has 0 fully saturated rings. The zero-order chi connectivity index (χ0) is 8.15. The molecule has 0 aromatic heterocycles. The predicted molar refractivity (Wildman–Crippen MR) is 45.0 cm³/mol. The normalized spacial score (nSPS) is 11.7. The molecule has 0 unspecified atom stereocenters. The molecule has 0 saturated heterocycles. The van der Waals surface area contributed by atoms with E-state index in [0.717, 1.165) is 5.57 Å². The van der Waals surface area contributed by atoms with Gasteiger partial charge in [0.05, 0.1) is 0 Å². The van der Waals surface area contributed by atoms with Crippen LogP contribution in [0.25, 0.3) is 0 Å². The smallest absolute Gasteiger partial charge is 0.118 e. The van der Waals surface area contributed by atoms with Crippen molar-refractivity contribution in [1.29, 1.82) is 5.41 Å². The number of allylic oxidation sites excluding steroid dienone is 2. The first-order valence-corrected chi connectivity index (χ1v) is 3.26. The van der Waals surface area contributed by atoms with Gasteiger partial charge in [0, 0.05) is 0 Å². The summed E-state index contributed by atoms with van der Waals surface area (Å²) < 4.78 is 0. The van der Waals surface area contributed by atoms with Gasteiger partial charge in [-0.15, -0.1) is 0 Å². The van der Waals surface area contributed by atoms with Crippen molar-refractivity contribution in [3.63, 3.8) is 0 Å². The van der Waals surface area contributed by atoms with Gasteiger partial charge in [-0.3, -0.25) is 5.41 Å². The number of amidine groups is 1. The Hall–Kier alpha value is -1.05. The lowest BCUT2D eigenvalue weighted by Gasteiger charge is -2.06. The summed E-state index contributed by atoms with van der Waals surface area (Å²) in [6, 6.07) is 0. The number of nitrogens with one attached hydrogen (secondary N) is 1. The largest absolute Gasteiger partial charge is 0.384 e. The van der Waals surface area contributed by atoms with Gasteiger partial charge in [-0.25, -0.2) is 0 Å². The van der Waals surface area contributed by atoms with Gasteiger partial charge in [0.2, 0.25) is 0 Å². The van der Waals surface area contributed by atoms with Crippen molar-refractivity contribution in [3.8, 4) is 0 Å². The van der Waals surface area contributed by atoms with Crippen LogP contribution >= 0.6 is 0 Å². The second kappa shape index (κ2) is 3.88. The Morgan fingerprint density at radius 3 is 2.20 bits per heavy atom. The van der Waals surface area contributed by atoms with Crippen LogP contribution in [-0.4, -0.2) is 5.84 Å². The van der Waals surface area contributed by atoms with Crippen molar-refractivity contribution in [2.45, 2.75) is 13.8 Å². The lowest BCUT2D eigenvalue weighted by atomic mass is 10.0. The minimum atomic E-state index is 0.134. The number of hydrogen-bond donors (Lipinski definition) is 2. The summed E-state index contributed by atoms with van der Waals surface area (Å²) in [6.07, 6.45) is 3.42. The van der Waals surface area contributed by atoms with Crippen molar-refractivity contribution in [1.82, 2.24) is 0 Å². The van der Waals surface area contributed by atoms with Gasteiger partial charge in [0.15, 0.2) is 0 Å². The summed E-state index contributed by atoms with van der Waals surface area (Å²) in [5, 5.41) is 7.15. The van der Waals surface area contributed by atoms with Crippen LogP contribution in [0.3, 0.4) is 0 Å². The molecule has 2 heteroatoms. The molecule has 0 aliphatic rings. The van der Waals surface area contributed by atoms with E-state index in [1.165, 1.54) is 0 Å². The maximum absolute atomic E-state index is 7.15. The summed E-state index contributed by atoms with van der Waals surface area (Å²) in [5.74, 6) is 0.436. The van der Waals surface area contributed by atoms with Gasteiger partial charge in [-0.2, -0.15) is 0 Å². The van der Waals surface area contributed by atoms with E-state index >= 15 is 0 Å². The van der Waals surface area contributed by atoms with E-state index in [1.54, 1.807) is 12.2 Å². The molecule has 3 N–H and O–H groups in total. The van der Waals surface area contributed by atoms with Crippen molar-refractivity contribution in [2.24, 2.45) is 11.7 Å². The molecular formula is C8H14N2. The Kier molecular flexibility index (Phi) is 3.47. The summed E-state index contributed by atoms with van der Waals surface area (Å²) in [7, 11) is 0. The van der Waals surface area contributed by atoms with Crippen molar-refractivity contribution in [3.05, 3.63) is 24.3 Å². The molecule has 0 atom stereocenters. The van der Waals surface area contributed by atoms with E-state index in [1.807, 2.05) is 13.8 Å². The van der Waals surface area contributed by atoms with Crippen LogP contribution in [0.15, 0.2) is 24.3 Å². The van der Waals surface area contributed by atoms with E-state index in [-0.39, 0.29) is 5.84 Å². The number of hydrogen-bond acceptors (Lipinski definition) is 1. The molecule has 0 amide bonds. The van der Waals surface area contributed by atoms with Crippen LogP contribution in [0.1, 0.15) is 13.8 Å². The van der Waals surface area contributed by atoms with Crippen LogP contribution in [0.5, 0.6) is 0 Å². The molecule has 0 aromatic rings. The molecule has 2 nitrogen and oxygen atoms in total. The Morgan fingerprint density at radius 2 is 2.10 bits per heavy atom. The maximum atomic E-state index is 7.15. The minimum absolute atomic E-state index is 0.134. The van der Waals surface area contributed by atoms with Crippen molar-refractivity contribution >= 4 is 5.84 Å². The third-order valence-corrected chi connectivity index (χ3v) is 1.23. The number of nitrogens with two attached hydrogens (primary N) is 1. The van der Waals surface area contributed by atoms with Crippen LogP contribution in [-0.2, 0) is 0 Å². The highest BCUT2D eigenvalue weighted by atomic mass is 14.7. The Bertz CT molecular complexity index is 166. The van der Waals surface area contributed by atoms with E-state index < -0.39 is 0 Å². The average molecular weight is 138 g/mol. The molecule has 0 radical (unpaired) electrons. The quantitative estimate of drug-likeness (QED) is 0.348. The highest BCUT2D eigenvalue weighted by molar-refractivity contribution is 5.94. The Labute approximate surface area is 61.9 Å². The molecule has 56 valence electrons. The van der Waals surface area contributed by atoms with Crippen molar-refractivity contribution in [2.75, 3.05) is 0 Å². The second-order valence-corrected chi connectivity index (χ2v) is 2.43. The maximum Gasteiger partial charge on any atom is 0.118 e. The summed E-state index contributed by atoms with van der Waals surface area (Å²) in [5.41, 5.74) is 6.13. The zero-order valence-electron chi connectivity index (χ0n) is 6.52. The van der Waals surface area contributed by atoms with Gasteiger partial charge in [-0.05, 0) is 11.5 Å². The van der Waals surface area contributed by atoms with Gasteiger partial charge in [0.1, 0.15) is 5.84 Å². The fourth-order valence-electron chi connectivity index (χ4n) is 0.720. The van der Waals surface area contributed by atoms with E-state index in [0.29, 0.717) is 5.92 Å². The van der Waals surface area contributed by atoms with E-state index in [9.17, 15) is 0 Å². The highest BCUT2D eigenvalue weighted by Crippen LogP contribution is 2.07. The molecule has 0 bridgehead atoms. The topological polar surface area (TPSA) is 49.9 Å². The molecule has 0 saturated carbocycles. The summed E-state index contributed by atoms with van der Waals surface area (Å²) in [4.78, 5) is 0. The second-order valence-electron chi connectivity index (χ2n) is 2.43. The Balaban J connectivity index is 4.41. The first kappa shape index (κ1) is 8.95. The monoisotopic (exact) mass is 138 g/mol. The Morgan fingerprint density at radius 1 is 1.60 bits per heavy atom. The van der Waals surface area contributed by atoms with Gasteiger partial charge in [-0.1, -0.05) is 32.6 Å². The zero-order valence-corrected chi connectivity index (χ0v) is 6.52. The third kappa shape index (κ3) is 2.49. The van der Waals surface area contributed by atoms with Gasteiger partial charge < -0.3 is 5.73 Å². The SMILES string of the molecule is C=C/C=C(/C(=N)N)C(C)C. The van der Waals surface area contributed by atoms with Crippen LogP contribution in [0.2, 0.25) is 0 Å². The third-order valence-electron chi connectivity index (χ3n) is 1.23. The van der Waals surface area contributed by atoms with Crippen molar-refractivity contribution < 1.29 is 0 Å². The lowest BCUT2D eigenvalue weighted by molar-refractivity contribution is 0.799. The van der Waals surface area contributed by atoms with Gasteiger partial charge in [0.25, 0.3) is 0 Å². The molecule has 0 aromatic carbocycles. The molecule has 0 spiro atoms. The fraction of sp³-hybridized carbons (Fsp3) is 0.375. The van der Waals surface area contributed by atoms with Crippen LogP contribution < -0.4 is 5.73 Å². The summed E-state index contributed by atoms with van der Waals surface area (Å²) in [6.45, 7) is 7.53. The lowest BCUT2D eigenvalue weighted by Crippen LogP contribution is -2.16. The average Bonchev–Trinajstić information content (AvgIpc) is 1.81. The first-order valence-electron chi connectivity index (χ1n) is 3.26.